The van der Waals surface area contributed by atoms with Crippen molar-refractivity contribution in [3.63, 3.8) is 0 Å². The lowest BCUT2D eigenvalue weighted by Crippen LogP contribution is -2.11. The molecule has 19 heavy (non-hydrogen) atoms. The van der Waals surface area contributed by atoms with Crippen molar-refractivity contribution < 1.29 is 9.53 Å². The second-order valence-corrected chi connectivity index (χ2v) is 6.27. The molecule has 0 bridgehead atoms. The van der Waals surface area contributed by atoms with E-state index in [4.69, 9.17) is 4.74 Å². The maximum Gasteiger partial charge on any atom is 0.319 e. The fourth-order valence-electron chi connectivity index (χ4n) is 2.27. The van der Waals surface area contributed by atoms with Gasteiger partial charge in [-0.3, -0.25) is 4.79 Å². The molecule has 0 N–H and O–H groups in total. The van der Waals surface area contributed by atoms with Crippen LogP contribution in [0.4, 0.5) is 0 Å². The number of esters is 1. The molecule has 2 heterocycles. The number of carbonyl (C=O) groups is 1. The number of hydrogen-bond acceptors (Lipinski definition) is 5. The fraction of sp³-hybridized carbons (Fsp3) is 0.615. The van der Waals surface area contributed by atoms with Gasteiger partial charge in [0.15, 0.2) is 5.16 Å². The predicted octanol–water partition coefficient (Wildman–Crippen LogP) is 2.14. The number of hydrogen-bond donors (Lipinski definition) is 0. The number of nitrogens with zero attached hydrogens (tertiary/aromatic N) is 3. The summed E-state index contributed by atoms with van der Waals surface area (Å²) in [5.41, 5.74) is 0. The molecule has 2 atom stereocenters. The third-order valence-corrected chi connectivity index (χ3v) is 4.56. The predicted molar refractivity (Wildman–Crippen MR) is 72.0 cm³/mol. The molecule has 0 aromatic carbocycles. The van der Waals surface area contributed by atoms with E-state index in [2.05, 4.69) is 21.3 Å². The van der Waals surface area contributed by atoms with Crippen LogP contribution in [0.5, 0.6) is 0 Å². The Labute approximate surface area is 116 Å². The molecule has 1 aliphatic heterocycles. The lowest BCUT2D eigenvalue weighted by Gasteiger charge is -2.08. The first-order valence-electron chi connectivity index (χ1n) is 6.60. The van der Waals surface area contributed by atoms with Crippen LogP contribution in [0.2, 0.25) is 0 Å². The van der Waals surface area contributed by atoms with Crippen LogP contribution in [-0.2, 0) is 16.1 Å². The van der Waals surface area contributed by atoms with E-state index < -0.39 is 0 Å². The molecule has 1 aliphatic carbocycles. The molecular weight excluding hydrogens is 262 g/mol. The van der Waals surface area contributed by atoms with Gasteiger partial charge >= 0.3 is 5.97 Å². The van der Waals surface area contributed by atoms with Gasteiger partial charge in [0.25, 0.3) is 0 Å². The lowest BCUT2D eigenvalue weighted by atomic mass is 10.3. The Balaban J connectivity index is 1.80. The zero-order valence-electron chi connectivity index (χ0n) is 10.9. The summed E-state index contributed by atoms with van der Waals surface area (Å²) in [4.78, 5) is 11.7. The van der Waals surface area contributed by atoms with Crippen LogP contribution in [0.25, 0.3) is 0 Å². The topological polar surface area (TPSA) is 57.0 Å². The van der Waals surface area contributed by atoms with Crippen molar-refractivity contribution >= 4 is 17.7 Å². The van der Waals surface area contributed by atoms with Crippen LogP contribution in [-0.4, -0.2) is 32.1 Å². The number of aromatic nitrogens is 3. The Morgan fingerprint density at radius 3 is 2.89 bits per heavy atom. The van der Waals surface area contributed by atoms with Crippen LogP contribution in [0, 0.1) is 0 Å². The van der Waals surface area contributed by atoms with Crippen LogP contribution in [0.3, 0.4) is 0 Å². The maximum absolute atomic E-state index is 11.7. The first-order valence-corrected chi connectivity index (χ1v) is 7.48. The molecule has 1 saturated heterocycles. The van der Waals surface area contributed by atoms with E-state index in [1.165, 1.54) is 24.6 Å². The van der Waals surface area contributed by atoms with E-state index >= 15 is 0 Å². The van der Waals surface area contributed by atoms with Crippen LogP contribution in [0.1, 0.15) is 37.9 Å². The number of thioether (sulfide) groups is 1. The minimum atomic E-state index is -0.158. The van der Waals surface area contributed by atoms with Crippen LogP contribution in [0.15, 0.2) is 17.8 Å². The van der Waals surface area contributed by atoms with E-state index in [1.54, 1.807) is 0 Å². The van der Waals surface area contributed by atoms with E-state index in [-0.39, 0.29) is 17.3 Å². The molecule has 2 aliphatic rings. The minimum absolute atomic E-state index is 0.00341. The van der Waals surface area contributed by atoms with Crippen molar-refractivity contribution in [3.05, 3.63) is 18.5 Å². The van der Waals surface area contributed by atoms with Crippen molar-refractivity contribution in [3.8, 4) is 0 Å². The Bertz CT molecular complexity index is 510. The summed E-state index contributed by atoms with van der Waals surface area (Å²) in [6.07, 6.45) is 4.95. The first-order chi connectivity index (χ1) is 9.19. The van der Waals surface area contributed by atoms with Gasteiger partial charge in [-0.2, -0.15) is 0 Å². The van der Waals surface area contributed by atoms with Crippen LogP contribution < -0.4 is 0 Å². The SMILES string of the molecule is C=CCn1c(SC2CC(C)OC2=O)nnc1C1CC1. The molecule has 6 heteroatoms. The van der Waals surface area contributed by atoms with E-state index in [9.17, 15) is 4.79 Å². The highest BCUT2D eigenvalue weighted by Gasteiger charge is 2.35. The molecule has 1 saturated carbocycles. The highest BCUT2D eigenvalue weighted by atomic mass is 32.2. The third-order valence-electron chi connectivity index (χ3n) is 3.37. The number of cyclic esters (lactones) is 1. The molecule has 102 valence electrons. The molecule has 1 aromatic heterocycles. The quantitative estimate of drug-likeness (QED) is 0.610. The van der Waals surface area contributed by atoms with Gasteiger partial charge in [0, 0.05) is 18.9 Å². The van der Waals surface area contributed by atoms with Gasteiger partial charge in [-0.05, 0) is 19.8 Å². The standard InChI is InChI=1S/C13H17N3O2S/c1-3-6-16-11(9-4-5-9)14-15-13(16)19-10-7-8(2)18-12(10)17/h3,8-10H,1,4-7H2,2H3. The summed E-state index contributed by atoms with van der Waals surface area (Å²) in [6.45, 7) is 6.39. The highest BCUT2D eigenvalue weighted by Crippen LogP contribution is 2.41. The largest absolute Gasteiger partial charge is 0.462 e. The van der Waals surface area contributed by atoms with Gasteiger partial charge in [0.2, 0.25) is 0 Å². The molecular formula is C13H17N3O2S. The molecule has 5 nitrogen and oxygen atoms in total. The van der Waals surface area contributed by atoms with Gasteiger partial charge < -0.3 is 9.30 Å². The Morgan fingerprint density at radius 1 is 1.53 bits per heavy atom. The molecule has 1 aromatic rings. The van der Waals surface area contributed by atoms with Crippen molar-refractivity contribution in [2.45, 2.75) is 55.2 Å². The summed E-state index contributed by atoms with van der Waals surface area (Å²) in [5, 5.41) is 9.16. The number of carbonyl (C=O) groups excluding carboxylic acids is 1. The summed E-state index contributed by atoms with van der Waals surface area (Å²) in [7, 11) is 0. The minimum Gasteiger partial charge on any atom is -0.462 e. The summed E-state index contributed by atoms with van der Waals surface area (Å²) in [6, 6.07) is 0. The van der Waals surface area contributed by atoms with E-state index in [0.29, 0.717) is 12.5 Å². The van der Waals surface area contributed by atoms with Crippen molar-refractivity contribution in [2.24, 2.45) is 0 Å². The third kappa shape index (κ3) is 2.54. The highest BCUT2D eigenvalue weighted by molar-refractivity contribution is 8.00. The van der Waals surface area contributed by atoms with Crippen molar-refractivity contribution in [2.75, 3.05) is 0 Å². The Morgan fingerprint density at radius 2 is 2.32 bits per heavy atom. The number of ether oxygens (including phenoxy) is 1. The van der Waals surface area contributed by atoms with Gasteiger partial charge in [-0.25, -0.2) is 0 Å². The zero-order chi connectivity index (χ0) is 13.4. The molecule has 2 unspecified atom stereocenters. The number of rotatable bonds is 5. The Kier molecular flexibility index (Phi) is 3.35. The summed E-state index contributed by atoms with van der Waals surface area (Å²) in [5.74, 6) is 1.43. The molecule has 2 fully saturated rings. The average Bonchev–Trinajstić information content (AvgIpc) is 3.06. The van der Waals surface area contributed by atoms with E-state index in [1.807, 2.05) is 13.0 Å². The normalized spacial score (nSPS) is 26.5. The van der Waals surface area contributed by atoms with Gasteiger partial charge in [0.1, 0.15) is 17.2 Å². The monoisotopic (exact) mass is 279 g/mol. The second kappa shape index (κ2) is 5.00. The smallest absolute Gasteiger partial charge is 0.319 e. The second-order valence-electron chi connectivity index (χ2n) is 5.10. The molecule has 3 rings (SSSR count). The fourth-order valence-corrected chi connectivity index (χ4v) is 3.43. The Hall–Kier alpha value is -1.30. The van der Waals surface area contributed by atoms with Gasteiger partial charge in [0.05, 0.1) is 0 Å². The molecule has 0 spiro atoms. The van der Waals surface area contributed by atoms with Gasteiger partial charge in [-0.15, -0.1) is 16.8 Å². The van der Waals surface area contributed by atoms with Gasteiger partial charge in [-0.1, -0.05) is 17.8 Å². The first kappa shape index (κ1) is 12.7. The number of allylic oxidation sites excluding steroid dienone is 1. The molecule has 0 amide bonds. The zero-order valence-corrected chi connectivity index (χ0v) is 11.7. The lowest BCUT2D eigenvalue weighted by molar-refractivity contribution is -0.140. The van der Waals surface area contributed by atoms with Crippen molar-refractivity contribution in [1.29, 1.82) is 0 Å². The average molecular weight is 279 g/mol. The summed E-state index contributed by atoms with van der Waals surface area (Å²) >= 11 is 1.46. The van der Waals surface area contributed by atoms with Crippen LogP contribution >= 0.6 is 11.8 Å². The summed E-state index contributed by atoms with van der Waals surface area (Å²) < 4.78 is 7.25. The molecule has 0 radical (unpaired) electrons. The van der Waals surface area contributed by atoms with Crippen molar-refractivity contribution in [1.82, 2.24) is 14.8 Å². The maximum atomic E-state index is 11.7. The van der Waals surface area contributed by atoms with E-state index in [0.717, 1.165) is 17.4 Å².